The summed E-state index contributed by atoms with van der Waals surface area (Å²) in [5.41, 5.74) is 1.48. The fourth-order valence-electron chi connectivity index (χ4n) is 2.87. The second-order valence-electron chi connectivity index (χ2n) is 6.24. The van der Waals surface area contributed by atoms with E-state index in [1.165, 1.54) is 6.08 Å². The predicted octanol–water partition coefficient (Wildman–Crippen LogP) is 1.65. The van der Waals surface area contributed by atoms with Gasteiger partial charge in [-0.1, -0.05) is 6.58 Å². The van der Waals surface area contributed by atoms with Crippen molar-refractivity contribution in [1.82, 2.24) is 30.0 Å². The number of nitrogens with zero attached hydrogens (tertiary/aromatic N) is 4. The smallest absolute Gasteiger partial charge is 0.243 e. The van der Waals surface area contributed by atoms with Crippen molar-refractivity contribution in [2.45, 2.75) is 25.0 Å². The zero-order valence-electron chi connectivity index (χ0n) is 14.3. The third-order valence-electron chi connectivity index (χ3n) is 4.25. The van der Waals surface area contributed by atoms with Crippen LogP contribution in [0.3, 0.4) is 0 Å². The number of anilines is 2. The highest BCUT2D eigenvalue weighted by molar-refractivity contribution is 5.87. The summed E-state index contributed by atoms with van der Waals surface area (Å²) in [4.78, 5) is 23.4. The van der Waals surface area contributed by atoms with Gasteiger partial charge in [0.2, 0.25) is 17.7 Å². The first-order valence-corrected chi connectivity index (χ1v) is 8.31. The van der Waals surface area contributed by atoms with Gasteiger partial charge in [-0.15, -0.1) is 0 Å². The average Bonchev–Trinajstić information content (AvgIpc) is 3.21. The molecule has 1 aliphatic carbocycles. The molecule has 134 valence electrons. The molecule has 3 aromatic rings. The fraction of sp³-hybridized carbons (Fsp3) is 0.294. The van der Waals surface area contributed by atoms with Crippen LogP contribution in [-0.4, -0.2) is 42.8 Å². The Bertz CT molecular complexity index is 955. The van der Waals surface area contributed by atoms with Crippen LogP contribution in [0.25, 0.3) is 11.0 Å². The number of aryl methyl sites for hydroxylation is 1. The summed E-state index contributed by atoms with van der Waals surface area (Å²) in [7, 11) is 1.84. The second-order valence-corrected chi connectivity index (χ2v) is 6.24. The minimum Gasteiger partial charge on any atom is -0.474 e. The van der Waals surface area contributed by atoms with Gasteiger partial charge in [0.1, 0.15) is 11.8 Å². The quantitative estimate of drug-likeness (QED) is 0.581. The van der Waals surface area contributed by atoms with Crippen molar-refractivity contribution in [3.8, 4) is 5.88 Å². The third-order valence-corrected chi connectivity index (χ3v) is 4.25. The lowest BCUT2D eigenvalue weighted by atomic mass is 9.89. The van der Waals surface area contributed by atoms with Gasteiger partial charge >= 0.3 is 0 Å². The van der Waals surface area contributed by atoms with Crippen LogP contribution < -0.4 is 15.4 Å². The second kappa shape index (κ2) is 6.51. The van der Waals surface area contributed by atoms with Crippen LogP contribution in [0, 0.1) is 0 Å². The monoisotopic (exact) mass is 353 g/mol. The highest BCUT2D eigenvalue weighted by atomic mass is 16.5. The number of rotatable bonds is 6. The van der Waals surface area contributed by atoms with Gasteiger partial charge in [-0.3, -0.25) is 9.48 Å². The maximum atomic E-state index is 11.3. The Balaban J connectivity index is 1.49. The number of nitrogens with one attached hydrogen (secondary N) is 3. The molecular weight excluding hydrogens is 334 g/mol. The van der Waals surface area contributed by atoms with E-state index in [1.807, 2.05) is 19.3 Å². The number of ether oxygens (including phenoxy) is 1. The van der Waals surface area contributed by atoms with E-state index in [1.54, 1.807) is 17.1 Å². The van der Waals surface area contributed by atoms with Crippen molar-refractivity contribution in [1.29, 1.82) is 0 Å². The normalized spacial score (nSPS) is 19.0. The standard InChI is InChI=1S/C17H19N7O2/c1-3-14(25)20-10-6-12(7-10)26-16-13-4-5-18-15(13)22-17(23-16)21-11-8-19-24(2)9-11/h3-5,8-10,12H,1,6-7H2,2H3,(H,20,25)(H2,18,21,22,23). The molecule has 0 aromatic carbocycles. The number of H-pyrrole nitrogens is 1. The highest BCUT2D eigenvalue weighted by Crippen LogP contribution is 2.30. The van der Waals surface area contributed by atoms with Gasteiger partial charge in [-0.2, -0.15) is 15.1 Å². The number of amides is 1. The molecule has 1 aliphatic rings. The Labute approximate surface area is 149 Å². The van der Waals surface area contributed by atoms with Gasteiger partial charge in [0.15, 0.2) is 0 Å². The van der Waals surface area contributed by atoms with E-state index in [2.05, 4.69) is 37.3 Å². The summed E-state index contributed by atoms with van der Waals surface area (Å²) in [5, 5.41) is 10.9. The SMILES string of the molecule is C=CC(=O)NC1CC(Oc2nc(Nc3cnn(C)c3)nc3[nH]ccc23)C1. The van der Waals surface area contributed by atoms with Gasteiger partial charge in [-0.25, -0.2) is 0 Å². The van der Waals surface area contributed by atoms with Crippen molar-refractivity contribution in [3.63, 3.8) is 0 Å². The molecule has 1 saturated carbocycles. The van der Waals surface area contributed by atoms with Crippen molar-refractivity contribution >= 4 is 28.6 Å². The van der Waals surface area contributed by atoms with Gasteiger partial charge in [0.25, 0.3) is 0 Å². The summed E-state index contributed by atoms with van der Waals surface area (Å²) in [6.07, 6.45) is 8.08. The van der Waals surface area contributed by atoms with Crippen LogP contribution in [0.15, 0.2) is 37.3 Å². The van der Waals surface area contributed by atoms with Crippen LogP contribution in [-0.2, 0) is 11.8 Å². The average molecular weight is 353 g/mol. The molecule has 0 spiro atoms. The van der Waals surface area contributed by atoms with Crippen LogP contribution in [0.1, 0.15) is 12.8 Å². The van der Waals surface area contributed by atoms with E-state index in [0.29, 0.717) is 17.5 Å². The van der Waals surface area contributed by atoms with Crippen molar-refractivity contribution in [2.24, 2.45) is 7.05 Å². The minimum absolute atomic E-state index is 0.00403. The first-order chi connectivity index (χ1) is 12.6. The fourth-order valence-corrected chi connectivity index (χ4v) is 2.87. The number of aromatic amines is 1. The minimum atomic E-state index is -0.161. The Morgan fingerprint density at radius 3 is 3.04 bits per heavy atom. The van der Waals surface area contributed by atoms with Gasteiger partial charge in [0, 0.05) is 38.3 Å². The Kier molecular flexibility index (Phi) is 4.04. The maximum Gasteiger partial charge on any atom is 0.243 e. The summed E-state index contributed by atoms with van der Waals surface area (Å²) < 4.78 is 7.74. The molecule has 9 nitrogen and oxygen atoms in total. The summed E-state index contributed by atoms with van der Waals surface area (Å²) in [5.74, 6) is 0.784. The largest absolute Gasteiger partial charge is 0.474 e. The molecule has 0 unspecified atom stereocenters. The van der Waals surface area contributed by atoms with Crippen molar-refractivity contribution < 1.29 is 9.53 Å². The van der Waals surface area contributed by atoms with E-state index < -0.39 is 0 Å². The molecule has 4 rings (SSSR count). The van der Waals surface area contributed by atoms with E-state index in [-0.39, 0.29) is 18.1 Å². The number of carbonyl (C=O) groups excluding carboxylic acids is 1. The lowest BCUT2D eigenvalue weighted by Crippen LogP contribution is -2.48. The molecule has 0 aliphatic heterocycles. The van der Waals surface area contributed by atoms with E-state index in [0.717, 1.165) is 23.9 Å². The van der Waals surface area contributed by atoms with E-state index in [4.69, 9.17) is 4.74 Å². The van der Waals surface area contributed by atoms with Gasteiger partial charge in [-0.05, 0) is 12.1 Å². The molecule has 3 N–H and O–H groups in total. The molecule has 26 heavy (non-hydrogen) atoms. The number of hydrogen-bond acceptors (Lipinski definition) is 6. The zero-order valence-corrected chi connectivity index (χ0v) is 14.3. The summed E-state index contributed by atoms with van der Waals surface area (Å²) in [6, 6.07) is 2.00. The van der Waals surface area contributed by atoms with E-state index >= 15 is 0 Å². The molecule has 3 aromatic heterocycles. The van der Waals surface area contributed by atoms with Gasteiger partial charge in [0.05, 0.1) is 17.3 Å². The van der Waals surface area contributed by atoms with Crippen LogP contribution in [0.2, 0.25) is 0 Å². The number of aromatic nitrogens is 5. The van der Waals surface area contributed by atoms with E-state index in [9.17, 15) is 4.79 Å². The molecule has 3 heterocycles. The molecule has 0 bridgehead atoms. The van der Waals surface area contributed by atoms with Crippen molar-refractivity contribution in [2.75, 3.05) is 5.32 Å². The lowest BCUT2D eigenvalue weighted by Gasteiger charge is -2.35. The maximum absolute atomic E-state index is 11.3. The molecule has 0 saturated heterocycles. The Morgan fingerprint density at radius 2 is 2.31 bits per heavy atom. The Morgan fingerprint density at radius 1 is 1.46 bits per heavy atom. The molecule has 1 amide bonds. The topological polar surface area (TPSA) is 110 Å². The molecule has 9 heteroatoms. The highest BCUT2D eigenvalue weighted by Gasteiger charge is 2.32. The van der Waals surface area contributed by atoms with Gasteiger partial charge < -0.3 is 20.4 Å². The number of fused-ring (bicyclic) bond motifs is 1. The summed E-state index contributed by atoms with van der Waals surface area (Å²) in [6.45, 7) is 3.46. The molecule has 0 radical (unpaired) electrons. The number of carbonyl (C=O) groups is 1. The predicted molar refractivity (Wildman–Crippen MR) is 96.2 cm³/mol. The van der Waals surface area contributed by atoms with Crippen LogP contribution in [0.4, 0.5) is 11.6 Å². The van der Waals surface area contributed by atoms with Crippen LogP contribution in [0.5, 0.6) is 5.88 Å². The third kappa shape index (κ3) is 3.23. The molecule has 0 atom stereocenters. The Hall–Kier alpha value is -3.36. The molecule has 1 fully saturated rings. The molecular formula is C17H19N7O2. The summed E-state index contributed by atoms with van der Waals surface area (Å²) >= 11 is 0. The van der Waals surface area contributed by atoms with Crippen molar-refractivity contribution in [3.05, 3.63) is 37.3 Å². The van der Waals surface area contributed by atoms with Crippen LogP contribution >= 0.6 is 0 Å². The first kappa shape index (κ1) is 16.1. The first-order valence-electron chi connectivity index (χ1n) is 8.31. The number of hydrogen-bond donors (Lipinski definition) is 3. The zero-order chi connectivity index (χ0) is 18.1. The lowest BCUT2D eigenvalue weighted by molar-refractivity contribution is -0.118.